The normalized spacial score (nSPS) is 13.8. The number of carbonyl (C=O) groups is 2. The summed E-state index contributed by atoms with van der Waals surface area (Å²) in [6.45, 7) is 2.87. The molecule has 1 heterocycles. The molecule has 0 radical (unpaired) electrons. The second-order valence-electron chi connectivity index (χ2n) is 7.15. The maximum atomic E-state index is 12.8. The Bertz CT molecular complexity index is 1010. The van der Waals surface area contributed by atoms with Gasteiger partial charge < -0.3 is 15.1 Å². The summed E-state index contributed by atoms with van der Waals surface area (Å²) in [7, 11) is 0. The van der Waals surface area contributed by atoms with Crippen molar-refractivity contribution in [2.45, 2.75) is 0 Å². The molecule has 1 saturated heterocycles. The molecule has 1 N–H and O–H groups in total. The van der Waals surface area contributed by atoms with E-state index in [2.05, 4.69) is 10.2 Å². The van der Waals surface area contributed by atoms with E-state index in [4.69, 9.17) is 11.6 Å². The van der Waals surface area contributed by atoms with Crippen LogP contribution in [0.5, 0.6) is 0 Å². The number of carbonyl (C=O) groups excluding carboxylic acids is 2. The monoisotopic (exact) mass is 419 g/mol. The predicted molar refractivity (Wildman–Crippen MR) is 120 cm³/mol. The summed E-state index contributed by atoms with van der Waals surface area (Å²) < 4.78 is 0. The number of hydrogen-bond donors (Lipinski definition) is 1. The van der Waals surface area contributed by atoms with Crippen LogP contribution in [0.3, 0.4) is 0 Å². The van der Waals surface area contributed by atoms with Crippen LogP contribution in [0.2, 0.25) is 5.02 Å². The maximum Gasteiger partial charge on any atom is 0.255 e. The first-order chi connectivity index (χ1) is 14.6. The van der Waals surface area contributed by atoms with Crippen molar-refractivity contribution in [3.8, 4) is 0 Å². The minimum absolute atomic E-state index is 0.00620. The first-order valence-electron chi connectivity index (χ1n) is 9.86. The van der Waals surface area contributed by atoms with Crippen molar-refractivity contribution in [3.05, 3.63) is 95.0 Å². The summed E-state index contributed by atoms with van der Waals surface area (Å²) in [6.07, 6.45) is 0. The van der Waals surface area contributed by atoms with Crippen molar-refractivity contribution in [2.75, 3.05) is 36.4 Å². The maximum absolute atomic E-state index is 12.8. The smallest absolute Gasteiger partial charge is 0.255 e. The quantitative estimate of drug-likeness (QED) is 0.674. The molecule has 30 heavy (non-hydrogen) atoms. The summed E-state index contributed by atoms with van der Waals surface area (Å²) in [4.78, 5) is 29.2. The molecule has 3 aromatic carbocycles. The highest BCUT2D eigenvalue weighted by Crippen LogP contribution is 2.20. The molecule has 2 amide bonds. The van der Waals surface area contributed by atoms with Gasteiger partial charge in [-0.2, -0.15) is 0 Å². The van der Waals surface area contributed by atoms with Gasteiger partial charge in [-0.1, -0.05) is 29.8 Å². The van der Waals surface area contributed by atoms with E-state index in [1.807, 2.05) is 47.4 Å². The number of hydrogen-bond acceptors (Lipinski definition) is 3. The summed E-state index contributed by atoms with van der Waals surface area (Å²) in [5.74, 6) is -0.167. The highest BCUT2D eigenvalue weighted by atomic mass is 35.5. The number of benzene rings is 3. The van der Waals surface area contributed by atoms with Gasteiger partial charge in [-0.15, -0.1) is 0 Å². The fourth-order valence-corrected chi connectivity index (χ4v) is 3.62. The van der Waals surface area contributed by atoms with Crippen molar-refractivity contribution < 1.29 is 9.59 Å². The van der Waals surface area contributed by atoms with Gasteiger partial charge in [0.1, 0.15) is 0 Å². The molecular weight excluding hydrogens is 398 g/mol. The van der Waals surface area contributed by atoms with Crippen LogP contribution in [0.25, 0.3) is 0 Å². The molecule has 0 unspecified atom stereocenters. The highest BCUT2D eigenvalue weighted by Gasteiger charge is 2.22. The van der Waals surface area contributed by atoms with Gasteiger partial charge in [0.2, 0.25) is 0 Å². The van der Waals surface area contributed by atoms with Gasteiger partial charge in [-0.05, 0) is 60.7 Å². The van der Waals surface area contributed by atoms with E-state index >= 15 is 0 Å². The molecule has 0 spiro atoms. The van der Waals surface area contributed by atoms with Crippen molar-refractivity contribution in [2.24, 2.45) is 0 Å². The van der Waals surface area contributed by atoms with Crippen LogP contribution in [0.4, 0.5) is 11.4 Å². The Balaban J connectivity index is 1.34. The molecule has 152 valence electrons. The summed E-state index contributed by atoms with van der Waals surface area (Å²) in [6, 6.07) is 23.8. The number of nitrogens with zero attached hydrogens (tertiary/aromatic N) is 2. The van der Waals surface area contributed by atoms with Gasteiger partial charge in [-0.3, -0.25) is 9.59 Å². The minimum Gasteiger partial charge on any atom is -0.368 e. The van der Waals surface area contributed by atoms with E-state index in [-0.39, 0.29) is 11.8 Å². The van der Waals surface area contributed by atoms with E-state index in [1.165, 1.54) is 0 Å². The molecule has 1 aliphatic heterocycles. The van der Waals surface area contributed by atoms with Gasteiger partial charge in [-0.25, -0.2) is 0 Å². The lowest BCUT2D eigenvalue weighted by Crippen LogP contribution is -2.48. The van der Waals surface area contributed by atoms with Crippen LogP contribution < -0.4 is 10.2 Å². The second kappa shape index (κ2) is 9.01. The van der Waals surface area contributed by atoms with Gasteiger partial charge in [0.15, 0.2) is 0 Å². The largest absolute Gasteiger partial charge is 0.368 e. The fourth-order valence-electron chi connectivity index (χ4n) is 3.49. The van der Waals surface area contributed by atoms with Crippen LogP contribution in [-0.4, -0.2) is 42.9 Å². The second-order valence-corrected chi connectivity index (χ2v) is 7.59. The SMILES string of the molecule is O=C(Nc1ccc(C(=O)N2CCN(c3ccc(Cl)cc3)CC2)cc1)c1ccccc1. The summed E-state index contributed by atoms with van der Waals surface area (Å²) in [5.41, 5.74) is 2.99. The van der Waals surface area contributed by atoms with Crippen LogP contribution >= 0.6 is 11.6 Å². The molecule has 1 aliphatic rings. The van der Waals surface area contributed by atoms with Gasteiger partial charge in [0.05, 0.1) is 0 Å². The molecule has 1 fully saturated rings. The topological polar surface area (TPSA) is 52.7 Å². The minimum atomic E-state index is -0.173. The zero-order valence-electron chi connectivity index (χ0n) is 16.4. The average molecular weight is 420 g/mol. The molecule has 0 bridgehead atoms. The van der Waals surface area contributed by atoms with Gasteiger partial charge in [0.25, 0.3) is 11.8 Å². The number of piperazine rings is 1. The Morgan fingerprint density at radius 2 is 1.37 bits per heavy atom. The molecule has 0 saturated carbocycles. The Kier molecular flexibility index (Phi) is 6.00. The van der Waals surface area contributed by atoms with Gasteiger partial charge >= 0.3 is 0 Å². The molecule has 4 rings (SSSR count). The number of nitrogens with one attached hydrogen (secondary N) is 1. The molecule has 0 aliphatic carbocycles. The molecule has 0 aromatic heterocycles. The van der Waals surface area contributed by atoms with Crippen LogP contribution in [0.1, 0.15) is 20.7 Å². The average Bonchev–Trinajstić information content (AvgIpc) is 2.80. The van der Waals surface area contributed by atoms with Crippen LogP contribution in [0, 0.1) is 0 Å². The lowest BCUT2D eigenvalue weighted by Gasteiger charge is -2.36. The number of anilines is 2. The first-order valence-corrected chi connectivity index (χ1v) is 10.2. The van der Waals surface area contributed by atoms with E-state index in [9.17, 15) is 9.59 Å². The standard InChI is InChI=1S/C24H22ClN3O2/c25-20-8-12-22(13-9-20)27-14-16-28(17-15-27)24(30)19-6-10-21(11-7-19)26-23(29)18-4-2-1-3-5-18/h1-13H,14-17H2,(H,26,29). The molecule has 5 nitrogen and oxygen atoms in total. The van der Waals surface area contributed by atoms with Crippen molar-refractivity contribution in [1.29, 1.82) is 0 Å². The Morgan fingerprint density at radius 1 is 0.733 bits per heavy atom. The number of amides is 2. The lowest BCUT2D eigenvalue weighted by molar-refractivity contribution is 0.0746. The number of rotatable bonds is 4. The third kappa shape index (κ3) is 4.63. The highest BCUT2D eigenvalue weighted by molar-refractivity contribution is 6.30. The molecule has 6 heteroatoms. The first kappa shape index (κ1) is 20.0. The summed E-state index contributed by atoms with van der Waals surface area (Å²) in [5, 5.41) is 3.57. The van der Waals surface area contributed by atoms with Gasteiger partial charge in [0, 0.05) is 53.7 Å². The number of halogens is 1. The van der Waals surface area contributed by atoms with E-state index in [1.54, 1.807) is 36.4 Å². The van der Waals surface area contributed by atoms with E-state index < -0.39 is 0 Å². The van der Waals surface area contributed by atoms with E-state index in [0.29, 0.717) is 29.9 Å². The van der Waals surface area contributed by atoms with Crippen LogP contribution in [0.15, 0.2) is 78.9 Å². The lowest BCUT2D eigenvalue weighted by atomic mass is 10.1. The van der Waals surface area contributed by atoms with E-state index in [0.717, 1.165) is 23.8 Å². The van der Waals surface area contributed by atoms with Crippen LogP contribution in [-0.2, 0) is 0 Å². The Labute approximate surface area is 180 Å². The third-order valence-corrected chi connectivity index (χ3v) is 5.44. The molecule has 0 atom stereocenters. The zero-order valence-corrected chi connectivity index (χ0v) is 17.2. The Hall–Kier alpha value is -3.31. The summed E-state index contributed by atoms with van der Waals surface area (Å²) >= 11 is 5.96. The van der Waals surface area contributed by atoms with Crippen molar-refractivity contribution >= 4 is 34.8 Å². The fraction of sp³-hybridized carbons (Fsp3) is 0.167. The van der Waals surface area contributed by atoms with Crippen molar-refractivity contribution in [1.82, 2.24) is 4.90 Å². The third-order valence-electron chi connectivity index (χ3n) is 5.18. The molecule has 3 aromatic rings. The molecular formula is C24H22ClN3O2. The Morgan fingerprint density at radius 3 is 2.00 bits per heavy atom. The zero-order chi connectivity index (χ0) is 20.9. The predicted octanol–water partition coefficient (Wildman–Crippen LogP) is 4.55. The van der Waals surface area contributed by atoms with Crippen molar-refractivity contribution in [3.63, 3.8) is 0 Å².